The normalized spacial score (nSPS) is 12.1. The number of hydrogen-bond acceptors (Lipinski definition) is 2. The summed E-state index contributed by atoms with van der Waals surface area (Å²) in [5, 5.41) is 0. The first-order valence-electron chi connectivity index (χ1n) is 4.67. The van der Waals surface area contributed by atoms with E-state index in [1.165, 1.54) is 0 Å². The molecule has 0 aliphatic rings. The second-order valence-electron chi connectivity index (χ2n) is 3.59. The van der Waals surface area contributed by atoms with Crippen molar-refractivity contribution in [1.29, 1.82) is 0 Å². The van der Waals surface area contributed by atoms with Gasteiger partial charge >= 0.3 is 0 Å². The summed E-state index contributed by atoms with van der Waals surface area (Å²) in [6, 6.07) is 9.70. The van der Waals surface area contributed by atoms with E-state index in [0.717, 1.165) is 5.75 Å². The highest BCUT2D eigenvalue weighted by Crippen LogP contribution is 2.50. The fourth-order valence-corrected chi connectivity index (χ4v) is 2.84. The fraction of sp³-hybridized carbons (Fsp3) is 0.400. The third-order valence-electron chi connectivity index (χ3n) is 1.98. The molecule has 0 atom stereocenters. The van der Waals surface area contributed by atoms with Gasteiger partial charge in [-0.05, 0) is 52.1 Å². The maximum Gasteiger partial charge on any atom is 0.252 e. The molecule has 0 spiro atoms. The minimum absolute atomic E-state index is 0.822. The molecule has 0 saturated carbocycles. The smallest absolute Gasteiger partial charge is 0.252 e. The monoisotopic (exact) mass is 244 g/mol. The molecule has 0 fully saturated rings. The highest BCUT2D eigenvalue weighted by atomic mass is 32.5. The van der Waals surface area contributed by atoms with Gasteiger partial charge in [0, 0.05) is 0 Å². The van der Waals surface area contributed by atoms with E-state index in [0.29, 0.717) is 0 Å². The minimum atomic E-state index is -2.09. The lowest BCUT2D eigenvalue weighted by Gasteiger charge is -2.33. The van der Waals surface area contributed by atoms with E-state index in [-0.39, 0.29) is 0 Å². The highest BCUT2D eigenvalue weighted by molar-refractivity contribution is 8.10. The molecule has 0 aliphatic carbocycles. The van der Waals surface area contributed by atoms with Crippen LogP contribution in [0.15, 0.2) is 30.3 Å². The van der Waals surface area contributed by atoms with Gasteiger partial charge in [-0.25, -0.2) is 9.34 Å². The van der Waals surface area contributed by atoms with E-state index < -0.39 is 6.57 Å². The van der Waals surface area contributed by atoms with Crippen molar-refractivity contribution in [2.45, 2.75) is 0 Å². The van der Waals surface area contributed by atoms with Crippen molar-refractivity contribution in [3.8, 4) is 5.75 Å². The number of hydrogen-bond donors (Lipinski definition) is 0. The molecular formula is C10H17N2OPS. The van der Waals surface area contributed by atoms with Gasteiger partial charge in [-0.15, -0.1) is 0 Å². The fourth-order valence-electron chi connectivity index (χ4n) is 1.14. The van der Waals surface area contributed by atoms with Crippen molar-refractivity contribution in [2.24, 2.45) is 0 Å². The van der Waals surface area contributed by atoms with Crippen LogP contribution in [-0.4, -0.2) is 37.5 Å². The Labute approximate surface area is 96.8 Å². The molecule has 0 unspecified atom stereocenters. The van der Waals surface area contributed by atoms with Crippen LogP contribution in [0, 0.1) is 0 Å². The van der Waals surface area contributed by atoms with Crippen LogP contribution in [0.25, 0.3) is 0 Å². The Hall–Kier alpha value is -0.410. The van der Waals surface area contributed by atoms with E-state index in [2.05, 4.69) is 0 Å². The third kappa shape index (κ3) is 3.02. The molecular weight excluding hydrogens is 227 g/mol. The Morgan fingerprint density at radius 1 is 1.00 bits per heavy atom. The first-order chi connectivity index (χ1) is 6.97. The van der Waals surface area contributed by atoms with Gasteiger partial charge in [-0.3, -0.25) is 0 Å². The van der Waals surface area contributed by atoms with Crippen molar-refractivity contribution in [3.63, 3.8) is 0 Å². The predicted octanol–water partition coefficient (Wildman–Crippen LogP) is 2.41. The van der Waals surface area contributed by atoms with Crippen LogP contribution in [0.1, 0.15) is 0 Å². The molecule has 0 amide bonds. The topological polar surface area (TPSA) is 15.7 Å². The van der Waals surface area contributed by atoms with Crippen LogP contribution >= 0.6 is 6.57 Å². The average Bonchev–Trinajstić information content (AvgIpc) is 2.18. The van der Waals surface area contributed by atoms with E-state index >= 15 is 0 Å². The van der Waals surface area contributed by atoms with E-state index in [1.54, 1.807) is 0 Å². The largest absolute Gasteiger partial charge is 0.441 e. The number of nitrogens with zero attached hydrogens (tertiary/aromatic N) is 2. The molecule has 0 radical (unpaired) electrons. The summed E-state index contributed by atoms with van der Waals surface area (Å²) >= 11 is 5.57. The Morgan fingerprint density at radius 3 is 1.87 bits per heavy atom. The van der Waals surface area contributed by atoms with Crippen molar-refractivity contribution in [3.05, 3.63) is 30.3 Å². The zero-order valence-corrected chi connectivity index (χ0v) is 11.3. The van der Waals surface area contributed by atoms with Crippen LogP contribution < -0.4 is 4.52 Å². The summed E-state index contributed by atoms with van der Waals surface area (Å²) in [6.07, 6.45) is 0. The van der Waals surface area contributed by atoms with Crippen molar-refractivity contribution in [2.75, 3.05) is 28.2 Å². The molecule has 15 heavy (non-hydrogen) atoms. The second kappa shape index (κ2) is 5.08. The van der Waals surface area contributed by atoms with Gasteiger partial charge in [-0.1, -0.05) is 18.2 Å². The quantitative estimate of drug-likeness (QED) is 0.755. The van der Waals surface area contributed by atoms with E-state index in [9.17, 15) is 0 Å². The maximum atomic E-state index is 5.90. The van der Waals surface area contributed by atoms with Gasteiger partial charge in [0.25, 0.3) is 6.57 Å². The first-order valence-corrected chi connectivity index (χ1v) is 7.29. The molecule has 1 aromatic rings. The van der Waals surface area contributed by atoms with Crippen molar-refractivity contribution < 1.29 is 4.52 Å². The molecule has 0 saturated heterocycles. The standard InChI is InChI=1S/C10H17N2OPS/c1-11(2)14(15,12(3)4)13-10-8-6-5-7-9-10/h5-9H,1-4H3. The van der Waals surface area contributed by atoms with Crippen molar-refractivity contribution in [1.82, 2.24) is 9.34 Å². The van der Waals surface area contributed by atoms with Gasteiger partial charge in [0.05, 0.1) is 0 Å². The molecule has 0 N–H and O–H groups in total. The molecule has 84 valence electrons. The lowest BCUT2D eigenvalue weighted by Crippen LogP contribution is -2.24. The van der Waals surface area contributed by atoms with E-state index in [4.69, 9.17) is 16.3 Å². The van der Waals surface area contributed by atoms with Crippen LogP contribution in [0.2, 0.25) is 0 Å². The SMILES string of the molecule is CN(C)P(=S)(Oc1ccccc1)N(C)C. The Balaban J connectivity index is 2.91. The average molecular weight is 244 g/mol. The molecule has 3 nitrogen and oxygen atoms in total. The Morgan fingerprint density at radius 2 is 1.47 bits per heavy atom. The predicted molar refractivity (Wildman–Crippen MR) is 68.7 cm³/mol. The first kappa shape index (κ1) is 12.7. The summed E-state index contributed by atoms with van der Waals surface area (Å²) in [7, 11) is 7.79. The summed E-state index contributed by atoms with van der Waals surface area (Å²) < 4.78 is 9.84. The number of benzene rings is 1. The summed E-state index contributed by atoms with van der Waals surface area (Å²) in [5.74, 6) is 0.822. The lowest BCUT2D eigenvalue weighted by atomic mass is 10.3. The van der Waals surface area contributed by atoms with Gasteiger partial charge < -0.3 is 4.52 Å². The second-order valence-corrected chi connectivity index (χ2v) is 7.78. The molecule has 0 aliphatic heterocycles. The van der Waals surface area contributed by atoms with Crippen LogP contribution in [0.4, 0.5) is 0 Å². The van der Waals surface area contributed by atoms with Crippen LogP contribution in [0.5, 0.6) is 5.75 Å². The summed E-state index contributed by atoms with van der Waals surface area (Å²) in [4.78, 5) is 0. The Bertz CT molecular complexity index is 342. The van der Waals surface area contributed by atoms with Crippen LogP contribution in [-0.2, 0) is 11.8 Å². The summed E-state index contributed by atoms with van der Waals surface area (Å²) in [5.41, 5.74) is 0. The Kier molecular flexibility index (Phi) is 4.29. The lowest BCUT2D eigenvalue weighted by molar-refractivity contribution is 0.449. The maximum absolute atomic E-state index is 5.90. The van der Waals surface area contributed by atoms with Crippen LogP contribution in [0.3, 0.4) is 0 Å². The number of rotatable bonds is 4. The molecule has 0 heterocycles. The summed E-state index contributed by atoms with van der Waals surface area (Å²) in [6.45, 7) is -2.09. The third-order valence-corrected chi connectivity index (χ3v) is 6.63. The molecule has 5 heteroatoms. The van der Waals surface area contributed by atoms with Gasteiger partial charge in [0.1, 0.15) is 5.75 Å². The molecule has 1 aromatic carbocycles. The molecule has 0 bridgehead atoms. The highest BCUT2D eigenvalue weighted by Gasteiger charge is 2.25. The van der Waals surface area contributed by atoms with Crippen molar-refractivity contribution >= 4 is 18.4 Å². The van der Waals surface area contributed by atoms with Gasteiger partial charge in [0.2, 0.25) is 0 Å². The van der Waals surface area contributed by atoms with Gasteiger partial charge in [-0.2, -0.15) is 0 Å². The zero-order chi connectivity index (χ0) is 11.5. The zero-order valence-electron chi connectivity index (χ0n) is 9.54. The van der Waals surface area contributed by atoms with E-state index in [1.807, 2.05) is 67.9 Å². The number of para-hydroxylation sites is 1. The van der Waals surface area contributed by atoms with Gasteiger partial charge in [0.15, 0.2) is 0 Å². The molecule has 1 rings (SSSR count). The molecule has 0 aromatic heterocycles. The minimum Gasteiger partial charge on any atom is -0.441 e.